The highest BCUT2D eigenvalue weighted by molar-refractivity contribution is 7.90. The number of rotatable bonds is 6. The Morgan fingerprint density at radius 2 is 1.84 bits per heavy atom. The molecule has 3 aromatic carbocycles. The van der Waals surface area contributed by atoms with Crippen molar-refractivity contribution in [3.8, 4) is 22.6 Å². The fraction of sp³-hybridized carbons (Fsp3) is 0.286. The monoisotopic (exact) mass is 610 g/mol. The van der Waals surface area contributed by atoms with Gasteiger partial charge < -0.3 is 9.47 Å². The van der Waals surface area contributed by atoms with Crippen LogP contribution >= 0.6 is 0 Å². The molecule has 1 unspecified atom stereocenters. The molecule has 1 atom stereocenters. The average molecular weight is 611 g/mol. The lowest BCUT2D eigenvalue weighted by atomic mass is 9.85. The molecule has 0 N–H and O–H groups in total. The van der Waals surface area contributed by atoms with Gasteiger partial charge in [0.25, 0.3) is 5.56 Å². The van der Waals surface area contributed by atoms with Gasteiger partial charge >= 0.3 is 0 Å². The third kappa shape index (κ3) is 5.20. The molecule has 0 bridgehead atoms. The van der Waals surface area contributed by atoms with Crippen molar-refractivity contribution in [2.75, 3.05) is 12.9 Å². The molecule has 8 nitrogen and oxygen atoms in total. The number of carbonyl (C=O) groups is 1. The second kappa shape index (κ2) is 10.7. The van der Waals surface area contributed by atoms with E-state index in [9.17, 15) is 18.0 Å². The summed E-state index contributed by atoms with van der Waals surface area (Å²) in [6.45, 7) is 9.73. The van der Waals surface area contributed by atoms with Crippen LogP contribution in [0.25, 0.3) is 38.6 Å². The predicted molar refractivity (Wildman–Crippen MR) is 172 cm³/mol. The third-order valence-corrected chi connectivity index (χ3v) is 9.00. The van der Waals surface area contributed by atoms with Gasteiger partial charge in [0, 0.05) is 41.3 Å². The van der Waals surface area contributed by atoms with Crippen LogP contribution in [0.3, 0.4) is 0 Å². The maximum atomic E-state index is 13.5. The first kappa shape index (κ1) is 29.7. The zero-order valence-corrected chi connectivity index (χ0v) is 26.4. The van der Waals surface area contributed by atoms with Crippen molar-refractivity contribution in [1.29, 1.82) is 0 Å². The molecule has 1 aliphatic rings. The highest BCUT2D eigenvalue weighted by Gasteiger charge is 2.31. The molecular formula is C35H34N2O6S. The topological polar surface area (TPSA) is 105 Å². The van der Waals surface area contributed by atoms with Gasteiger partial charge in [-0.05, 0) is 105 Å². The molecule has 3 heterocycles. The molecule has 0 fully saturated rings. The predicted octanol–water partition coefficient (Wildman–Crippen LogP) is 6.30. The van der Waals surface area contributed by atoms with Gasteiger partial charge in [-0.25, -0.2) is 8.42 Å². The molecule has 0 radical (unpaired) electrons. The van der Waals surface area contributed by atoms with Gasteiger partial charge in [0.05, 0.1) is 33.8 Å². The van der Waals surface area contributed by atoms with Crippen molar-refractivity contribution in [2.24, 2.45) is 0 Å². The fourth-order valence-electron chi connectivity index (χ4n) is 6.08. The number of benzene rings is 3. The van der Waals surface area contributed by atoms with E-state index in [0.717, 1.165) is 51.6 Å². The summed E-state index contributed by atoms with van der Waals surface area (Å²) >= 11 is 0. The van der Waals surface area contributed by atoms with Crippen molar-refractivity contribution >= 4 is 37.4 Å². The standard InChI is InChI=1S/C35H34N2O6S/c1-20-18-27-25(11-13-29(39)37(27)23-8-7-9-24(19-23)44(6,40)41)32(30(20)34(21(2)38)43-35(3,4)5)26-10-12-28-31-22(15-17-42-28)14-16-36-33(26)31/h7-14,16,18-19,34H,15,17H2,1-6H3. The third-order valence-electron chi connectivity index (χ3n) is 7.89. The van der Waals surface area contributed by atoms with E-state index in [0.29, 0.717) is 28.8 Å². The van der Waals surface area contributed by atoms with Crippen LogP contribution in [0.1, 0.15) is 50.5 Å². The smallest absolute Gasteiger partial charge is 0.255 e. The summed E-state index contributed by atoms with van der Waals surface area (Å²) in [5.41, 5.74) is 4.81. The van der Waals surface area contributed by atoms with Crippen LogP contribution in [0.15, 0.2) is 76.6 Å². The number of fused-ring (bicyclic) bond motifs is 1. The highest BCUT2D eigenvalue weighted by atomic mass is 32.2. The van der Waals surface area contributed by atoms with Gasteiger partial charge in [0.15, 0.2) is 15.6 Å². The van der Waals surface area contributed by atoms with E-state index < -0.39 is 21.5 Å². The molecule has 0 spiro atoms. The summed E-state index contributed by atoms with van der Waals surface area (Å²) in [4.78, 5) is 31.8. The van der Waals surface area contributed by atoms with Crippen LogP contribution in [-0.2, 0) is 25.8 Å². The lowest BCUT2D eigenvalue weighted by Gasteiger charge is -2.30. The number of pyridine rings is 2. The first-order valence-electron chi connectivity index (χ1n) is 14.5. The quantitative estimate of drug-likeness (QED) is 0.222. The highest BCUT2D eigenvalue weighted by Crippen LogP contribution is 2.45. The Kier molecular flexibility index (Phi) is 7.21. The zero-order valence-electron chi connectivity index (χ0n) is 25.6. The summed E-state index contributed by atoms with van der Waals surface area (Å²) in [5.74, 6) is 0.594. The number of ketones is 1. The Labute approximate surface area is 256 Å². The summed E-state index contributed by atoms with van der Waals surface area (Å²) in [6, 6.07) is 17.3. The van der Waals surface area contributed by atoms with Gasteiger partial charge in [0.1, 0.15) is 11.9 Å². The molecule has 0 saturated carbocycles. The van der Waals surface area contributed by atoms with Crippen molar-refractivity contribution in [1.82, 2.24) is 9.55 Å². The van der Waals surface area contributed by atoms with Crippen LogP contribution in [0, 0.1) is 6.92 Å². The number of hydrogen-bond donors (Lipinski definition) is 0. The second-order valence-corrected chi connectivity index (χ2v) is 14.3. The lowest BCUT2D eigenvalue weighted by Crippen LogP contribution is -2.27. The number of aryl methyl sites for hydroxylation is 1. The molecule has 0 aliphatic carbocycles. The van der Waals surface area contributed by atoms with Gasteiger partial charge in [-0.15, -0.1) is 0 Å². The fourth-order valence-corrected chi connectivity index (χ4v) is 6.74. The molecule has 1 aliphatic heterocycles. The second-order valence-electron chi connectivity index (χ2n) is 12.3. The number of nitrogens with zero attached hydrogens (tertiary/aromatic N) is 2. The van der Waals surface area contributed by atoms with E-state index in [1.54, 1.807) is 24.4 Å². The zero-order chi connectivity index (χ0) is 31.6. The first-order valence-corrected chi connectivity index (χ1v) is 16.4. The molecule has 0 amide bonds. The molecule has 5 aromatic rings. The van der Waals surface area contributed by atoms with E-state index >= 15 is 0 Å². The van der Waals surface area contributed by atoms with Gasteiger partial charge in [-0.3, -0.25) is 19.1 Å². The van der Waals surface area contributed by atoms with Crippen LogP contribution in [0.4, 0.5) is 0 Å². The maximum Gasteiger partial charge on any atom is 0.255 e. The Morgan fingerprint density at radius 1 is 1.07 bits per heavy atom. The minimum Gasteiger partial charge on any atom is -0.493 e. The molecule has 9 heteroatoms. The summed E-state index contributed by atoms with van der Waals surface area (Å²) < 4.78 is 38.8. The summed E-state index contributed by atoms with van der Waals surface area (Å²) in [7, 11) is -3.52. The number of sulfone groups is 1. The number of hydrogen-bond acceptors (Lipinski definition) is 7. The first-order chi connectivity index (χ1) is 20.7. The molecule has 2 aromatic heterocycles. The van der Waals surface area contributed by atoms with Crippen LogP contribution in [0.2, 0.25) is 0 Å². The van der Waals surface area contributed by atoms with E-state index in [1.165, 1.54) is 29.7 Å². The van der Waals surface area contributed by atoms with Crippen LogP contribution in [-0.4, -0.2) is 42.2 Å². The number of aromatic nitrogens is 2. The lowest BCUT2D eigenvalue weighted by molar-refractivity contribution is -0.138. The Hall–Kier alpha value is -4.34. The Bertz CT molecular complexity index is 2150. The molecular weight excluding hydrogens is 576 g/mol. The van der Waals surface area contributed by atoms with Crippen molar-refractivity contribution < 1.29 is 22.7 Å². The summed E-state index contributed by atoms with van der Waals surface area (Å²) in [6.07, 6.45) is 2.77. The minimum absolute atomic E-state index is 0.107. The van der Waals surface area contributed by atoms with Crippen molar-refractivity contribution in [2.45, 2.75) is 57.6 Å². The van der Waals surface area contributed by atoms with Crippen molar-refractivity contribution in [3.63, 3.8) is 0 Å². The Balaban J connectivity index is 1.78. The molecule has 44 heavy (non-hydrogen) atoms. The van der Waals surface area contributed by atoms with E-state index in [2.05, 4.69) is 0 Å². The molecule has 6 rings (SSSR count). The normalized spacial score (nSPS) is 14.0. The van der Waals surface area contributed by atoms with E-state index in [1.807, 2.05) is 52.0 Å². The van der Waals surface area contributed by atoms with E-state index in [4.69, 9.17) is 14.5 Å². The minimum atomic E-state index is -3.52. The number of carbonyl (C=O) groups excluding carboxylic acids is 1. The van der Waals surface area contributed by atoms with Crippen LogP contribution in [0.5, 0.6) is 5.75 Å². The van der Waals surface area contributed by atoms with Gasteiger partial charge in [0.2, 0.25) is 0 Å². The summed E-state index contributed by atoms with van der Waals surface area (Å²) in [5, 5.41) is 1.61. The van der Waals surface area contributed by atoms with E-state index in [-0.39, 0.29) is 16.2 Å². The molecule has 226 valence electrons. The van der Waals surface area contributed by atoms with Crippen molar-refractivity contribution in [3.05, 3.63) is 93.9 Å². The number of Topliss-reactive ketones (excluding diaryl/α,β-unsaturated/α-hetero) is 1. The SMILES string of the molecule is CC(=O)C(OC(C)(C)C)c1c(C)cc2c(ccc(=O)n2-c2cccc(S(C)(=O)=O)c2)c1-c1ccc2c3c(ccnc13)CCO2. The average Bonchev–Trinajstić information content (AvgIpc) is 2.95. The van der Waals surface area contributed by atoms with Crippen LogP contribution < -0.4 is 10.3 Å². The molecule has 0 saturated heterocycles. The van der Waals surface area contributed by atoms with Gasteiger partial charge in [-0.2, -0.15) is 0 Å². The largest absolute Gasteiger partial charge is 0.493 e. The number of ether oxygens (including phenoxy) is 2. The van der Waals surface area contributed by atoms with Gasteiger partial charge in [-0.1, -0.05) is 6.07 Å². The maximum absolute atomic E-state index is 13.5. The Morgan fingerprint density at radius 3 is 2.55 bits per heavy atom.